The minimum Gasteiger partial charge on any atom is -0.510 e. The van der Waals surface area contributed by atoms with Crippen molar-refractivity contribution in [3.8, 4) is 50.9 Å². The van der Waals surface area contributed by atoms with Crippen LogP contribution in [0, 0.1) is 18.5 Å². The molecule has 3 aromatic heterocycles. The topological polar surface area (TPSA) is 39.1 Å². The zero-order valence-corrected chi connectivity index (χ0v) is 33.5. The van der Waals surface area contributed by atoms with Crippen LogP contribution < -0.4 is 14.2 Å². The number of anilines is 1. The van der Waals surface area contributed by atoms with Crippen LogP contribution in [0.1, 0.15) is 0 Å². The fourth-order valence-electron chi connectivity index (χ4n) is 7.61. The molecule has 7 aromatic carbocycles. The summed E-state index contributed by atoms with van der Waals surface area (Å²) in [5.41, 5.74) is 11.4. The Morgan fingerprint density at radius 1 is 0.596 bits per heavy atom. The minimum atomic E-state index is 0. The average molecular weight is 917 g/mol. The summed E-state index contributed by atoms with van der Waals surface area (Å²) < 4.78 is 13.0. The summed E-state index contributed by atoms with van der Waals surface area (Å²) >= 11 is 0. The molecule has 0 aliphatic rings. The molecule has 0 amide bonds. The summed E-state index contributed by atoms with van der Waals surface area (Å²) in [5, 5.41) is 2.20. The Labute approximate surface area is 345 Å². The molecule has 10 rings (SSSR count). The van der Waals surface area contributed by atoms with E-state index in [1.165, 1.54) is 0 Å². The molecule has 6 nitrogen and oxygen atoms in total. The normalized spacial score (nSPS) is 11.2. The first-order chi connectivity index (χ1) is 27.6. The van der Waals surface area contributed by atoms with E-state index in [2.05, 4.69) is 177 Å². The molecular formula is C50H35N5OPt-2. The van der Waals surface area contributed by atoms with E-state index in [4.69, 9.17) is 9.72 Å². The molecule has 0 N–H and O–H groups in total. The van der Waals surface area contributed by atoms with Gasteiger partial charge in [0.25, 0.3) is 6.33 Å². The maximum atomic E-state index is 6.57. The van der Waals surface area contributed by atoms with Gasteiger partial charge in [-0.05, 0) is 45.5 Å². The molecule has 0 fully saturated rings. The first-order valence-corrected chi connectivity index (χ1v) is 18.6. The van der Waals surface area contributed by atoms with Crippen LogP contribution >= 0.6 is 0 Å². The second-order valence-electron chi connectivity index (χ2n) is 13.9. The third-order valence-electron chi connectivity index (χ3n) is 10.2. The number of nitrogens with zero attached hydrogens (tertiary/aromatic N) is 5. The van der Waals surface area contributed by atoms with E-state index in [0.717, 1.165) is 78.0 Å². The molecule has 0 radical (unpaired) electrons. The molecule has 0 saturated heterocycles. The molecule has 10 aromatic rings. The molecule has 57 heavy (non-hydrogen) atoms. The van der Waals surface area contributed by atoms with E-state index in [1.54, 1.807) is 0 Å². The number of hydrogen-bond donors (Lipinski definition) is 0. The number of rotatable bonds is 8. The number of aromatic nitrogens is 4. The van der Waals surface area contributed by atoms with E-state index in [9.17, 15) is 0 Å². The molecule has 3 heterocycles. The van der Waals surface area contributed by atoms with Crippen LogP contribution in [0.4, 0.5) is 5.69 Å². The Balaban J connectivity index is 0.00000422. The Morgan fingerprint density at radius 3 is 1.98 bits per heavy atom. The summed E-state index contributed by atoms with van der Waals surface area (Å²) in [6.07, 6.45) is 5.58. The number of ether oxygens (including phenoxy) is 1. The number of benzene rings is 7. The zero-order valence-electron chi connectivity index (χ0n) is 31.2. The predicted octanol–water partition coefficient (Wildman–Crippen LogP) is 11.0. The fraction of sp³-hybridized carbons (Fsp3) is 0.0400. The molecule has 0 unspecified atom stereocenters. The number of para-hydroxylation sites is 4. The number of pyridine rings is 1. The SMILES string of the molecule is CN(C)c1ccnc(-n2c3[c-]c(Oc4[c-]c(-n5[c-][n+](-c6c(-c7ccccc7)cccc6-c6ccccc6)c6ccccc65)ccc4)ccc3c3ccccc32)c1.[Pt]. The van der Waals surface area contributed by atoms with Crippen LogP contribution in [0.3, 0.4) is 0 Å². The second kappa shape index (κ2) is 15.1. The van der Waals surface area contributed by atoms with Gasteiger partial charge >= 0.3 is 0 Å². The molecule has 0 spiro atoms. The van der Waals surface area contributed by atoms with Gasteiger partial charge in [0, 0.05) is 70.1 Å². The van der Waals surface area contributed by atoms with Gasteiger partial charge < -0.3 is 18.8 Å². The smallest absolute Gasteiger partial charge is 0.268 e. The average Bonchev–Trinajstić information content (AvgIpc) is 3.80. The molecule has 0 bridgehead atoms. The molecule has 278 valence electrons. The van der Waals surface area contributed by atoms with Crippen molar-refractivity contribution in [1.82, 2.24) is 14.1 Å². The summed E-state index contributed by atoms with van der Waals surface area (Å²) in [4.78, 5) is 6.86. The van der Waals surface area contributed by atoms with Crippen molar-refractivity contribution in [1.29, 1.82) is 0 Å². The van der Waals surface area contributed by atoms with E-state index in [-0.39, 0.29) is 21.1 Å². The van der Waals surface area contributed by atoms with Crippen LogP contribution in [0.2, 0.25) is 0 Å². The van der Waals surface area contributed by atoms with Crippen molar-refractivity contribution in [3.05, 3.63) is 195 Å². The van der Waals surface area contributed by atoms with Crippen LogP contribution in [0.25, 0.3) is 72.3 Å². The summed E-state index contributed by atoms with van der Waals surface area (Å²) in [7, 11) is 4.07. The maximum Gasteiger partial charge on any atom is 0.268 e. The van der Waals surface area contributed by atoms with Gasteiger partial charge in [-0.3, -0.25) is 4.57 Å². The second-order valence-corrected chi connectivity index (χ2v) is 13.9. The standard InChI is InChI=1S/C50H35N5O.Pt/c1-52(2)37-29-30-51-49(32-37)55-45-24-10-9-21-43(45)44-28-27-40(33-48(44)55)56-39-20-13-19-38(31-39)53-34-54(47-26-12-11-25-46(47)53)50-41(35-15-5-3-6-16-35)22-14-23-42(50)36-17-7-4-8-18-36;/h3-30,32H,1-2H3;/q-2;. The van der Waals surface area contributed by atoms with Crippen molar-refractivity contribution in [3.63, 3.8) is 0 Å². The maximum absolute atomic E-state index is 6.57. The molecule has 0 aliphatic carbocycles. The van der Waals surface area contributed by atoms with E-state index >= 15 is 0 Å². The summed E-state index contributed by atoms with van der Waals surface area (Å²) in [6, 6.07) is 65.6. The monoisotopic (exact) mass is 916 g/mol. The van der Waals surface area contributed by atoms with Crippen molar-refractivity contribution in [2.45, 2.75) is 0 Å². The number of hydrogen-bond acceptors (Lipinski definition) is 3. The van der Waals surface area contributed by atoms with Gasteiger partial charge in [-0.25, -0.2) is 4.98 Å². The van der Waals surface area contributed by atoms with Crippen molar-refractivity contribution < 1.29 is 30.4 Å². The first-order valence-electron chi connectivity index (χ1n) is 18.6. The quantitative estimate of drug-likeness (QED) is 0.113. The van der Waals surface area contributed by atoms with E-state index in [1.807, 2.05) is 50.6 Å². The third-order valence-corrected chi connectivity index (χ3v) is 10.2. The predicted molar refractivity (Wildman–Crippen MR) is 225 cm³/mol. The Kier molecular flexibility index (Phi) is 9.49. The van der Waals surface area contributed by atoms with Crippen LogP contribution in [-0.2, 0) is 21.1 Å². The summed E-state index contributed by atoms with van der Waals surface area (Å²) in [5.74, 6) is 1.97. The fourth-order valence-corrected chi connectivity index (χ4v) is 7.61. The molecule has 0 aliphatic heterocycles. The Hall–Kier alpha value is -6.75. The van der Waals surface area contributed by atoms with Crippen molar-refractivity contribution in [2.24, 2.45) is 0 Å². The first kappa shape index (κ1) is 35.9. The van der Waals surface area contributed by atoms with Gasteiger partial charge in [0.15, 0.2) is 0 Å². The van der Waals surface area contributed by atoms with Gasteiger partial charge in [-0.2, -0.15) is 18.2 Å². The van der Waals surface area contributed by atoms with Crippen LogP contribution in [0.5, 0.6) is 11.5 Å². The zero-order chi connectivity index (χ0) is 37.6. The molecule has 7 heteroatoms. The number of fused-ring (bicyclic) bond motifs is 4. The van der Waals surface area contributed by atoms with Crippen LogP contribution in [-0.4, -0.2) is 28.2 Å². The van der Waals surface area contributed by atoms with Gasteiger partial charge in [-0.1, -0.05) is 127 Å². The van der Waals surface area contributed by atoms with Crippen molar-refractivity contribution >= 4 is 38.5 Å². The Bertz CT molecular complexity index is 2980. The summed E-state index contributed by atoms with van der Waals surface area (Å²) in [6.45, 7) is 0. The van der Waals surface area contributed by atoms with Gasteiger partial charge in [0.2, 0.25) is 0 Å². The van der Waals surface area contributed by atoms with Gasteiger partial charge in [-0.15, -0.1) is 29.7 Å². The third kappa shape index (κ3) is 6.48. The van der Waals surface area contributed by atoms with Crippen molar-refractivity contribution in [2.75, 3.05) is 19.0 Å². The van der Waals surface area contributed by atoms with Gasteiger partial charge in [0.1, 0.15) is 5.82 Å². The van der Waals surface area contributed by atoms with E-state index in [0.29, 0.717) is 11.5 Å². The van der Waals surface area contributed by atoms with Crippen LogP contribution in [0.15, 0.2) is 176 Å². The van der Waals surface area contributed by atoms with E-state index < -0.39 is 0 Å². The molecule has 0 saturated carbocycles. The Morgan fingerprint density at radius 2 is 1.25 bits per heavy atom. The van der Waals surface area contributed by atoms with Gasteiger partial charge in [0.05, 0.1) is 16.7 Å². The molecule has 0 atom stereocenters. The minimum absolute atomic E-state index is 0. The largest absolute Gasteiger partial charge is 0.510 e. The molecular weight excluding hydrogens is 882 g/mol. The number of imidazole rings is 1.